The Labute approximate surface area is 189 Å². The molecule has 32 heavy (non-hydrogen) atoms. The maximum Gasteiger partial charge on any atom is 0.319 e. The normalized spacial score (nSPS) is 11.2. The van der Waals surface area contributed by atoms with E-state index in [0.717, 1.165) is 22.6 Å². The molecule has 2 N–H and O–H groups in total. The minimum atomic E-state index is -0.246. The van der Waals surface area contributed by atoms with Crippen molar-refractivity contribution < 1.29 is 9.53 Å². The molecular formula is C26H28N4O2. The van der Waals surface area contributed by atoms with Gasteiger partial charge in [-0.2, -0.15) is 5.26 Å². The molecule has 1 atom stereocenters. The van der Waals surface area contributed by atoms with E-state index in [2.05, 4.69) is 28.5 Å². The Hall–Kier alpha value is -3.98. The molecule has 3 aromatic rings. The summed E-state index contributed by atoms with van der Waals surface area (Å²) in [4.78, 5) is 14.5. The van der Waals surface area contributed by atoms with Gasteiger partial charge in [0.1, 0.15) is 12.4 Å². The predicted molar refractivity (Wildman–Crippen MR) is 128 cm³/mol. The Morgan fingerprint density at radius 3 is 2.50 bits per heavy atom. The van der Waals surface area contributed by atoms with Crippen LogP contribution in [0, 0.1) is 11.3 Å². The Kier molecular flexibility index (Phi) is 8.10. The molecule has 0 aliphatic heterocycles. The minimum Gasteiger partial charge on any atom is -0.489 e. The van der Waals surface area contributed by atoms with Crippen molar-refractivity contribution in [3.05, 3.63) is 90.0 Å². The SMILES string of the molecule is CC(CNC(=O)Nc1cccc(COc2ccc(CC#N)cc2)c1)N(C)c1ccccc1. The standard InChI is InChI=1S/C26H28N4O2/c1-20(30(2)24-9-4-3-5-10-24)18-28-26(31)29-23-8-6-7-22(17-23)19-32-25-13-11-21(12-14-25)15-16-27/h3-14,17,20H,15,18-19H2,1-2H3,(H2,28,29,31). The average molecular weight is 429 g/mol. The number of hydrogen-bond acceptors (Lipinski definition) is 4. The van der Waals surface area contributed by atoms with Crippen LogP contribution in [-0.4, -0.2) is 25.7 Å². The second kappa shape index (κ2) is 11.4. The summed E-state index contributed by atoms with van der Waals surface area (Å²) in [6, 6.07) is 27.2. The highest BCUT2D eigenvalue weighted by atomic mass is 16.5. The van der Waals surface area contributed by atoms with Gasteiger partial charge < -0.3 is 20.3 Å². The van der Waals surface area contributed by atoms with Crippen LogP contribution in [-0.2, 0) is 13.0 Å². The van der Waals surface area contributed by atoms with E-state index in [4.69, 9.17) is 10.00 Å². The van der Waals surface area contributed by atoms with Gasteiger partial charge in [0.05, 0.1) is 12.5 Å². The number of amides is 2. The van der Waals surface area contributed by atoms with E-state index in [9.17, 15) is 4.79 Å². The van der Waals surface area contributed by atoms with Crippen molar-refractivity contribution in [1.29, 1.82) is 5.26 Å². The Morgan fingerprint density at radius 1 is 1.03 bits per heavy atom. The number of benzene rings is 3. The molecule has 0 fully saturated rings. The quantitative estimate of drug-likeness (QED) is 0.504. The van der Waals surface area contributed by atoms with Gasteiger partial charge in [0.15, 0.2) is 0 Å². The van der Waals surface area contributed by atoms with Crippen molar-refractivity contribution in [2.45, 2.75) is 26.0 Å². The third kappa shape index (κ3) is 6.78. The highest BCUT2D eigenvalue weighted by molar-refractivity contribution is 5.89. The van der Waals surface area contributed by atoms with Crippen molar-refractivity contribution >= 4 is 17.4 Å². The second-order valence-electron chi connectivity index (χ2n) is 7.60. The molecule has 0 aliphatic carbocycles. The summed E-state index contributed by atoms with van der Waals surface area (Å²) in [5, 5.41) is 14.6. The summed E-state index contributed by atoms with van der Waals surface area (Å²) in [5.74, 6) is 0.735. The van der Waals surface area contributed by atoms with E-state index >= 15 is 0 Å². The maximum absolute atomic E-state index is 12.4. The molecule has 2 amide bonds. The molecule has 0 saturated heterocycles. The van der Waals surface area contributed by atoms with Crippen molar-refractivity contribution in [2.24, 2.45) is 0 Å². The topological polar surface area (TPSA) is 77.4 Å². The smallest absolute Gasteiger partial charge is 0.319 e. The van der Waals surface area contributed by atoms with Gasteiger partial charge >= 0.3 is 6.03 Å². The van der Waals surface area contributed by atoms with Crippen LogP contribution in [0.1, 0.15) is 18.1 Å². The van der Waals surface area contributed by atoms with E-state index in [1.165, 1.54) is 0 Å². The molecule has 3 rings (SSSR count). The zero-order valence-corrected chi connectivity index (χ0v) is 18.4. The van der Waals surface area contributed by atoms with Crippen LogP contribution in [0.2, 0.25) is 0 Å². The fraction of sp³-hybridized carbons (Fsp3) is 0.231. The average Bonchev–Trinajstić information content (AvgIpc) is 2.82. The summed E-state index contributed by atoms with van der Waals surface area (Å²) in [5.41, 5.74) is 3.72. The minimum absolute atomic E-state index is 0.141. The van der Waals surface area contributed by atoms with Gasteiger partial charge in [-0.3, -0.25) is 0 Å². The molecule has 1 unspecified atom stereocenters. The number of nitrogens with zero attached hydrogens (tertiary/aromatic N) is 2. The lowest BCUT2D eigenvalue weighted by atomic mass is 10.1. The summed E-state index contributed by atoms with van der Waals surface area (Å²) < 4.78 is 5.82. The highest BCUT2D eigenvalue weighted by Crippen LogP contribution is 2.17. The fourth-order valence-corrected chi connectivity index (χ4v) is 3.17. The number of likely N-dealkylation sites (N-methyl/N-ethyl adjacent to an activating group) is 1. The molecule has 164 valence electrons. The van der Waals surface area contributed by atoms with E-state index in [0.29, 0.717) is 25.3 Å². The van der Waals surface area contributed by atoms with Crippen molar-refractivity contribution in [2.75, 3.05) is 23.8 Å². The Balaban J connectivity index is 1.47. The number of urea groups is 1. The van der Waals surface area contributed by atoms with Gasteiger partial charge in [-0.1, -0.05) is 42.5 Å². The maximum atomic E-state index is 12.4. The lowest BCUT2D eigenvalue weighted by molar-refractivity contribution is 0.251. The van der Waals surface area contributed by atoms with Crippen LogP contribution in [0.25, 0.3) is 0 Å². The molecule has 0 radical (unpaired) electrons. The number of nitrogens with one attached hydrogen (secondary N) is 2. The summed E-state index contributed by atoms with van der Waals surface area (Å²) in [6.45, 7) is 2.97. The Morgan fingerprint density at radius 2 is 1.78 bits per heavy atom. The lowest BCUT2D eigenvalue weighted by Crippen LogP contribution is -2.41. The fourth-order valence-electron chi connectivity index (χ4n) is 3.17. The van der Waals surface area contributed by atoms with Crippen molar-refractivity contribution in [3.63, 3.8) is 0 Å². The zero-order valence-electron chi connectivity index (χ0n) is 18.4. The van der Waals surface area contributed by atoms with Gasteiger partial charge in [0.2, 0.25) is 0 Å². The molecule has 6 nitrogen and oxygen atoms in total. The van der Waals surface area contributed by atoms with E-state index in [1.807, 2.05) is 85.9 Å². The van der Waals surface area contributed by atoms with Crippen LogP contribution in [0.15, 0.2) is 78.9 Å². The van der Waals surface area contributed by atoms with Crippen LogP contribution in [0.4, 0.5) is 16.2 Å². The molecule has 0 heterocycles. The van der Waals surface area contributed by atoms with Gasteiger partial charge in [0.25, 0.3) is 0 Å². The Bertz CT molecular complexity index is 1050. The van der Waals surface area contributed by atoms with Crippen LogP contribution in [0.5, 0.6) is 5.75 Å². The number of ether oxygens (including phenoxy) is 1. The van der Waals surface area contributed by atoms with E-state index in [1.54, 1.807) is 0 Å². The van der Waals surface area contributed by atoms with Crippen LogP contribution in [0.3, 0.4) is 0 Å². The van der Waals surface area contributed by atoms with Gasteiger partial charge in [0, 0.05) is 31.0 Å². The number of nitriles is 1. The molecule has 3 aromatic carbocycles. The van der Waals surface area contributed by atoms with E-state index in [-0.39, 0.29) is 12.1 Å². The first-order valence-electron chi connectivity index (χ1n) is 10.6. The van der Waals surface area contributed by atoms with Gasteiger partial charge in [-0.05, 0) is 54.4 Å². The molecule has 0 spiro atoms. The molecule has 0 aliphatic rings. The summed E-state index contributed by atoms with van der Waals surface area (Å²) in [6.07, 6.45) is 0.386. The number of hydrogen-bond donors (Lipinski definition) is 2. The van der Waals surface area contributed by atoms with Crippen LogP contribution < -0.4 is 20.3 Å². The van der Waals surface area contributed by atoms with Gasteiger partial charge in [-0.25, -0.2) is 4.79 Å². The number of rotatable bonds is 9. The molecular weight excluding hydrogens is 400 g/mol. The first-order valence-corrected chi connectivity index (χ1v) is 10.6. The highest BCUT2D eigenvalue weighted by Gasteiger charge is 2.11. The first kappa shape index (κ1) is 22.7. The second-order valence-corrected chi connectivity index (χ2v) is 7.60. The molecule has 6 heteroatoms. The summed E-state index contributed by atoms with van der Waals surface area (Å²) in [7, 11) is 2.01. The van der Waals surface area contributed by atoms with Crippen LogP contribution >= 0.6 is 0 Å². The van der Waals surface area contributed by atoms with Gasteiger partial charge in [-0.15, -0.1) is 0 Å². The van der Waals surface area contributed by atoms with E-state index < -0.39 is 0 Å². The molecule has 0 aromatic heterocycles. The summed E-state index contributed by atoms with van der Waals surface area (Å²) >= 11 is 0. The predicted octanol–water partition coefficient (Wildman–Crippen LogP) is 4.98. The monoisotopic (exact) mass is 428 g/mol. The molecule has 0 bridgehead atoms. The zero-order chi connectivity index (χ0) is 22.8. The first-order chi connectivity index (χ1) is 15.5. The number of anilines is 2. The number of carbonyl (C=O) groups excluding carboxylic acids is 1. The van der Waals surface area contributed by atoms with Crippen molar-refractivity contribution in [3.8, 4) is 11.8 Å². The third-order valence-corrected chi connectivity index (χ3v) is 5.18. The van der Waals surface area contributed by atoms with Crippen molar-refractivity contribution in [1.82, 2.24) is 5.32 Å². The third-order valence-electron chi connectivity index (χ3n) is 5.18. The number of carbonyl (C=O) groups is 1. The number of para-hydroxylation sites is 1. The largest absolute Gasteiger partial charge is 0.489 e. The lowest BCUT2D eigenvalue weighted by Gasteiger charge is -2.27. The molecule has 0 saturated carbocycles.